The van der Waals surface area contributed by atoms with Gasteiger partial charge < -0.3 is 0 Å². The van der Waals surface area contributed by atoms with Crippen LogP contribution in [0.25, 0.3) is 0 Å². The van der Waals surface area contributed by atoms with Crippen LogP contribution in [-0.4, -0.2) is 15.6 Å². The minimum absolute atomic E-state index is 0.104. The zero-order valence-corrected chi connectivity index (χ0v) is 11.4. The van der Waals surface area contributed by atoms with E-state index in [0.29, 0.717) is 16.3 Å². The molecule has 0 spiro atoms. The van der Waals surface area contributed by atoms with Crippen molar-refractivity contribution in [2.24, 2.45) is 7.05 Å². The second-order valence-electron chi connectivity index (χ2n) is 3.33. The van der Waals surface area contributed by atoms with Crippen molar-refractivity contribution >= 4 is 40.0 Å². The molecule has 0 amide bonds. The fourth-order valence-electron chi connectivity index (χ4n) is 1.35. The van der Waals surface area contributed by atoms with Gasteiger partial charge in [0.1, 0.15) is 5.69 Å². The van der Waals surface area contributed by atoms with E-state index in [-0.39, 0.29) is 5.78 Å². The van der Waals surface area contributed by atoms with E-state index in [1.165, 1.54) is 0 Å². The number of ketones is 1. The first-order valence-electron chi connectivity index (χ1n) is 4.57. The predicted molar refractivity (Wildman–Crippen MR) is 70.8 cm³/mol. The number of benzene rings is 1. The third-order valence-corrected chi connectivity index (χ3v) is 3.30. The number of carbonyl (C=O) groups excluding carboxylic acids is 1. The Hall–Kier alpha value is -0.880. The highest BCUT2D eigenvalue weighted by Crippen LogP contribution is 2.20. The van der Waals surface area contributed by atoms with Crippen molar-refractivity contribution < 1.29 is 4.79 Å². The van der Waals surface area contributed by atoms with E-state index in [0.717, 1.165) is 3.57 Å². The summed E-state index contributed by atoms with van der Waals surface area (Å²) < 4.78 is 2.47. The lowest BCUT2D eigenvalue weighted by atomic mass is 10.1. The molecule has 0 bridgehead atoms. The summed E-state index contributed by atoms with van der Waals surface area (Å²) in [4.78, 5) is 12.1. The first-order valence-corrected chi connectivity index (χ1v) is 6.03. The average Bonchev–Trinajstić information content (AvgIpc) is 2.67. The molecule has 0 fully saturated rings. The second kappa shape index (κ2) is 4.55. The number of hydrogen-bond donors (Lipinski definition) is 0. The molecule has 0 atom stereocenters. The second-order valence-corrected chi connectivity index (χ2v) is 4.93. The van der Waals surface area contributed by atoms with E-state index in [2.05, 4.69) is 27.7 Å². The third kappa shape index (κ3) is 2.27. The molecular formula is C11H8ClIN2O. The summed E-state index contributed by atoms with van der Waals surface area (Å²) in [6.07, 6.45) is 1.74. The van der Waals surface area contributed by atoms with Crippen molar-refractivity contribution in [3.8, 4) is 0 Å². The minimum Gasteiger partial charge on any atom is -0.287 e. The van der Waals surface area contributed by atoms with Crippen molar-refractivity contribution in [1.29, 1.82) is 0 Å². The fraction of sp³-hybridized carbons (Fsp3) is 0.0909. The highest BCUT2D eigenvalue weighted by molar-refractivity contribution is 14.1. The lowest BCUT2D eigenvalue weighted by Crippen LogP contribution is -2.05. The van der Waals surface area contributed by atoms with Crippen LogP contribution in [0.2, 0.25) is 5.02 Å². The van der Waals surface area contributed by atoms with Gasteiger partial charge in [-0.25, -0.2) is 0 Å². The van der Waals surface area contributed by atoms with Gasteiger partial charge in [-0.15, -0.1) is 0 Å². The Balaban J connectivity index is 2.45. The summed E-state index contributed by atoms with van der Waals surface area (Å²) in [5.74, 6) is -0.104. The molecule has 2 aromatic rings. The quantitative estimate of drug-likeness (QED) is 0.619. The maximum absolute atomic E-state index is 12.1. The van der Waals surface area contributed by atoms with Gasteiger partial charge in [0, 0.05) is 27.4 Å². The number of halogens is 2. The molecule has 0 aliphatic carbocycles. The van der Waals surface area contributed by atoms with Gasteiger partial charge in [0.2, 0.25) is 5.78 Å². The van der Waals surface area contributed by atoms with Crippen LogP contribution in [0.15, 0.2) is 30.5 Å². The van der Waals surface area contributed by atoms with Crippen molar-refractivity contribution in [3.05, 3.63) is 50.3 Å². The third-order valence-electron chi connectivity index (χ3n) is 2.12. The maximum atomic E-state index is 12.1. The number of aryl methyl sites for hydroxylation is 1. The van der Waals surface area contributed by atoms with E-state index in [1.807, 2.05) is 6.07 Å². The highest BCUT2D eigenvalue weighted by atomic mass is 127. The van der Waals surface area contributed by atoms with E-state index in [9.17, 15) is 4.79 Å². The first-order chi connectivity index (χ1) is 7.58. The summed E-state index contributed by atoms with van der Waals surface area (Å²) in [5, 5.41) is 4.63. The number of nitrogens with zero attached hydrogens (tertiary/aromatic N) is 2. The zero-order valence-electron chi connectivity index (χ0n) is 8.45. The lowest BCUT2D eigenvalue weighted by Gasteiger charge is -2.01. The van der Waals surface area contributed by atoms with Gasteiger partial charge in [-0.2, -0.15) is 5.10 Å². The minimum atomic E-state index is -0.104. The Morgan fingerprint density at radius 3 is 2.81 bits per heavy atom. The van der Waals surface area contributed by atoms with Gasteiger partial charge in [-0.05, 0) is 46.9 Å². The molecule has 1 aromatic carbocycles. The number of aromatic nitrogens is 2. The molecule has 16 heavy (non-hydrogen) atoms. The van der Waals surface area contributed by atoms with Crippen molar-refractivity contribution in [2.75, 3.05) is 0 Å². The Bertz CT molecular complexity index is 551. The van der Waals surface area contributed by atoms with Crippen molar-refractivity contribution in [1.82, 2.24) is 9.78 Å². The normalized spacial score (nSPS) is 10.4. The van der Waals surface area contributed by atoms with E-state index in [4.69, 9.17) is 11.6 Å². The van der Waals surface area contributed by atoms with E-state index in [1.54, 1.807) is 36.1 Å². The van der Waals surface area contributed by atoms with Gasteiger partial charge in [0.15, 0.2) is 0 Å². The molecule has 0 saturated heterocycles. The first kappa shape index (κ1) is 11.6. The van der Waals surface area contributed by atoms with Crippen LogP contribution in [0.3, 0.4) is 0 Å². The molecule has 1 aromatic heterocycles. The molecule has 0 saturated carbocycles. The Kier molecular flexibility index (Phi) is 3.30. The van der Waals surface area contributed by atoms with Gasteiger partial charge in [-0.1, -0.05) is 11.6 Å². The number of hydrogen-bond acceptors (Lipinski definition) is 2. The standard InChI is InChI=1S/C11H8ClIN2O/c1-15-5-4-10(14-15)11(16)8-6-7(12)2-3-9(8)13/h2-6H,1H3. The highest BCUT2D eigenvalue weighted by Gasteiger charge is 2.15. The van der Waals surface area contributed by atoms with Gasteiger partial charge in [0.05, 0.1) is 0 Å². The molecule has 5 heteroatoms. The monoisotopic (exact) mass is 346 g/mol. The Labute approximate surface area is 112 Å². The van der Waals surface area contributed by atoms with E-state index >= 15 is 0 Å². The molecular weight excluding hydrogens is 338 g/mol. The zero-order chi connectivity index (χ0) is 11.7. The van der Waals surface area contributed by atoms with Gasteiger partial charge >= 0.3 is 0 Å². The van der Waals surface area contributed by atoms with Gasteiger partial charge in [0.25, 0.3) is 0 Å². The molecule has 0 aliphatic heterocycles. The molecule has 0 radical (unpaired) electrons. The Morgan fingerprint density at radius 2 is 2.19 bits per heavy atom. The summed E-state index contributed by atoms with van der Waals surface area (Å²) >= 11 is 7.98. The van der Waals surface area contributed by atoms with Crippen LogP contribution in [0.4, 0.5) is 0 Å². The summed E-state index contributed by atoms with van der Waals surface area (Å²) in [6.45, 7) is 0. The van der Waals surface area contributed by atoms with Crippen LogP contribution in [-0.2, 0) is 7.05 Å². The average molecular weight is 347 g/mol. The molecule has 2 rings (SSSR count). The Morgan fingerprint density at radius 1 is 1.44 bits per heavy atom. The van der Waals surface area contributed by atoms with Crippen LogP contribution in [0.5, 0.6) is 0 Å². The van der Waals surface area contributed by atoms with Crippen LogP contribution >= 0.6 is 34.2 Å². The number of rotatable bonds is 2. The molecule has 82 valence electrons. The molecule has 1 heterocycles. The molecule has 3 nitrogen and oxygen atoms in total. The van der Waals surface area contributed by atoms with Gasteiger partial charge in [-0.3, -0.25) is 9.48 Å². The smallest absolute Gasteiger partial charge is 0.214 e. The fourth-order valence-corrected chi connectivity index (χ4v) is 2.10. The van der Waals surface area contributed by atoms with Crippen LogP contribution in [0, 0.1) is 3.57 Å². The molecule has 0 aliphatic rings. The van der Waals surface area contributed by atoms with Crippen LogP contribution < -0.4 is 0 Å². The summed E-state index contributed by atoms with van der Waals surface area (Å²) in [7, 11) is 1.78. The van der Waals surface area contributed by atoms with Crippen molar-refractivity contribution in [3.63, 3.8) is 0 Å². The number of carbonyl (C=O) groups is 1. The predicted octanol–water partition coefficient (Wildman–Crippen LogP) is 2.91. The largest absolute Gasteiger partial charge is 0.287 e. The van der Waals surface area contributed by atoms with E-state index < -0.39 is 0 Å². The lowest BCUT2D eigenvalue weighted by molar-refractivity contribution is 0.103. The topological polar surface area (TPSA) is 34.9 Å². The molecule has 0 unspecified atom stereocenters. The molecule has 0 N–H and O–H groups in total. The van der Waals surface area contributed by atoms with Crippen molar-refractivity contribution in [2.45, 2.75) is 0 Å². The summed E-state index contributed by atoms with van der Waals surface area (Å²) in [6, 6.07) is 6.94. The van der Waals surface area contributed by atoms with Crippen LogP contribution in [0.1, 0.15) is 16.1 Å². The maximum Gasteiger partial charge on any atom is 0.214 e. The summed E-state index contributed by atoms with van der Waals surface area (Å²) in [5.41, 5.74) is 1.02. The SMILES string of the molecule is Cn1ccc(C(=O)c2cc(Cl)ccc2I)n1.